The SMILES string of the molecule is CC1C(c2cccnc2)OC(=O)N1c1ccc(-c2ccccc2)c(OC(F)(F)F)c1. The Balaban J connectivity index is 1.72. The van der Waals surface area contributed by atoms with Crippen LogP contribution in [0.3, 0.4) is 0 Å². The minimum Gasteiger partial charge on any atom is -0.439 e. The van der Waals surface area contributed by atoms with Crippen LogP contribution in [-0.4, -0.2) is 23.5 Å². The van der Waals surface area contributed by atoms with Crippen LogP contribution in [0.5, 0.6) is 5.75 Å². The average Bonchev–Trinajstić information content (AvgIpc) is 3.02. The predicted octanol–water partition coefficient (Wildman–Crippen LogP) is 5.73. The summed E-state index contributed by atoms with van der Waals surface area (Å²) in [6.45, 7) is 1.76. The molecule has 1 aliphatic heterocycles. The quantitative estimate of drug-likeness (QED) is 0.547. The van der Waals surface area contributed by atoms with E-state index in [-0.39, 0.29) is 11.3 Å². The number of hydrogen-bond acceptors (Lipinski definition) is 4. The van der Waals surface area contributed by atoms with Crippen molar-refractivity contribution in [1.82, 2.24) is 4.98 Å². The van der Waals surface area contributed by atoms with Crippen molar-refractivity contribution < 1.29 is 27.4 Å². The summed E-state index contributed by atoms with van der Waals surface area (Å²) in [6, 6.07) is 15.9. The van der Waals surface area contributed by atoms with E-state index in [1.54, 1.807) is 67.8 Å². The lowest BCUT2D eigenvalue weighted by Crippen LogP contribution is -2.32. The summed E-state index contributed by atoms with van der Waals surface area (Å²) in [4.78, 5) is 17.9. The summed E-state index contributed by atoms with van der Waals surface area (Å²) >= 11 is 0. The van der Waals surface area contributed by atoms with Crippen LogP contribution < -0.4 is 9.64 Å². The molecule has 8 heteroatoms. The fraction of sp³-hybridized carbons (Fsp3) is 0.182. The van der Waals surface area contributed by atoms with Crippen LogP contribution in [0.4, 0.5) is 23.7 Å². The van der Waals surface area contributed by atoms with Gasteiger partial charge in [0, 0.05) is 29.6 Å². The van der Waals surface area contributed by atoms with Crippen molar-refractivity contribution in [3.05, 3.63) is 78.6 Å². The molecule has 2 aromatic carbocycles. The second-order valence-corrected chi connectivity index (χ2v) is 6.80. The van der Waals surface area contributed by atoms with Gasteiger partial charge in [0.05, 0.1) is 11.7 Å². The second-order valence-electron chi connectivity index (χ2n) is 6.80. The Labute approximate surface area is 170 Å². The van der Waals surface area contributed by atoms with Gasteiger partial charge in [-0.3, -0.25) is 9.88 Å². The van der Waals surface area contributed by atoms with Crippen LogP contribution in [0.1, 0.15) is 18.6 Å². The summed E-state index contributed by atoms with van der Waals surface area (Å²) < 4.78 is 48.9. The molecule has 0 saturated carbocycles. The van der Waals surface area contributed by atoms with Crippen LogP contribution in [0, 0.1) is 0 Å². The van der Waals surface area contributed by atoms with Crippen molar-refractivity contribution in [2.45, 2.75) is 25.4 Å². The maximum absolute atomic E-state index is 13.0. The third-order valence-electron chi connectivity index (χ3n) is 4.84. The van der Waals surface area contributed by atoms with E-state index < -0.39 is 30.4 Å². The van der Waals surface area contributed by atoms with Crippen molar-refractivity contribution in [3.8, 4) is 16.9 Å². The highest BCUT2D eigenvalue weighted by atomic mass is 19.4. The van der Waals surface area contributed by atoms with Gasteiger partial charge in [0.2, 0.25) is 0 Å². The molecule has 3 aromatic rings. The summed E-state index contributed by atoms with van der Waals surface area (Å²) in [7, 11) is 0. The number of ether oxygens (including phenoxy) is 2. The fourth-order valence-corrected chi connectivity index (χ4v) is 3.52. The van der Waals surface area contributed by atoms with E-state index in [9.17, 15) is 18.0 Å². The Hall–Kier alpha value is -3.55. The van der Waals surface area contributed by atoms with E-state index >= 15 is 0 Å². The molecule has 30 heavy (non-hydrogen) atoms. The lowest BCUT2D eigenvalue weighted by atomic mass is 10.0. The molecule has 5 nitrogen and oxygen atoms in total. The molecule has 1 aliphatic rings. The maximum atomic E-state index is 13.0. The molecule has 1 fully saturated rings. The first-order valence-electron chi connectivity index (χ1n) is 9.18. The Morgan fingerprint density at radius 2 is 1.83 bits per heavy atom. The Bertz CT molecular complexity index is 1040. The van der Waals surface area contributed by atoms with Crippen LogP contribution in [0.25, 0.3) is 11.1 Å². The number of alkyl halides is 3. The summed E-state index contributed by atoms with van der Waals surface area (Å²) in [5.74, 6) is -0.393. The van der Waals surface area contributed by atoms with Gasteiger partial charge < -0.3 is 9.47 Å². The van der Waals surface area contributed by atoms with E-state index in [1.165, 1.54) is 17.0 Å². The highest BCUT2D eigenvalue weighted by Gasteiger charge is 2.41. The maximum Gasteiger partial charge on any atom is 0.573 e. The van der Waals surface area contributed by atoms with Gasteiger partial charge in [-0.15, -0.1) is 13.2 Å². The topological polar surface area (TPSA) is 51.7 Å². The molecule has 4 rings (SSSR count). The summed E-state index contributed by atoms with van der Waals surface area (Å²) in [6.07, 6.45) is -2.92. The number of aromatic nitrogens is 1. The molecule has 2 unspecified atom stereocenters. The van der Waals surface area contributed by atoms with Gasteiger partial charge in [-0.2, -0.15) is 0 Å². The van der Waals surface area contributed by atoms with E-state index in [2.05, 4.69) is 9.72 Å². The molecule has 0 radical (unpaired) electrons. The van der Waals surface area contributed by atoms with E-state index in [0.717, 1.165) is 0 Å². The monoisotopic (exact) mass is 414 g/mol. The van der Waals surface area contributed by atoms with Gasteiger partial charge in [-0.1, -0.05) is 36.4 Å². The smallest absolute Gasteiger partial charge is 0.439 e. The Kier molecular flexibility index (Phi) is 5.07. The van der Waals surface area contributed by atoms with Crippen LogP contribution in [0.2, 0.25) is 0 Å². The normalized spacial score (nSPS) is 18.9. The zero-order valence-electron chi connectivity index (χ0n) is 15.8. The van der Waals surface area contributed by atoms with Gasteiger partial charge in [-0.25, -0.2) is 4.79 Å². The molecule has 2 heterocycles. The predicted molar refractivity (Wildman–Crippen MR) is 104 cm³/mol. The first-order valence-corrected chi connectivity index (χ1v) is 9.18. The van der Waals surface area contributed by atoms with Gasteiger partial charge in [0.25, 0.3) is 0 Å². The highest BCUT2D eigenvalue weighted by molar-refractivity contribution is 5.92. The number of benzene rings is 2. The number of amides is 1. The van der Waals surface area contributed by atoms with Gasteiger partial charge in [-0.05, 0) is 30.7 Å². The lowest BCUT2D eigenvalue weighted by Gasteiger charge is -2.22. The van der Waals surface area contributed by atoms with Crippen LogP contribution in [0.15, 0.2) is 73.1 Å². The fourth-order valence-electron chi connectivity index (χ4n) is 3.52. The summed E-state index contributed by atoms with van der Waals surface area (Å²) in [5.41, 5.74) is 1.78. The molecular formula is C22H17F3N2O3. The zero-order valence-corrected chi connectivity index (χ0v) is 15.8. The molecule has 0 spiro atoms. The molecule has 1 amide bonds. The van der Waals surface area contributed by atoms with Crippen molar-refractivity contribution >= 4 is 11.8 Å². The molecule has 0 N–H and O–H groups in total. The second kappa shape index (κ2) is 7.70. The number of rotatable bonds is 4. The number of hydrogen-bond donors (Lipinski definition) is 0. The molecule has 0 bridgehead atoms. The highest BCUT2D eigenvalue weighted by Crippen LogP contribution is 2.41. The standard InChI is InChI=1S/C22H17F3N2O3/c1-14-20(16-8-5-11-26-13-16)29-21(28)27(14)17-9-10-18(15-6-3-2-4-7-15)19(12-17)30-22(23,24)25/h2-14,20H,1H3. The largest absolute Gasteiger partial charge is 0.573 e. The minimum atomic E-state index is -4.88. The van der Waals surface area contributed by atoms with Crippen LogP contribution in [-0.2, 0) is 4.74 Å². The van der Waals surface area contributed by atoms with Gasteiger partial charge in [0.1, 0.15) is 5.75 Å². The number of carbonyl (C=O) groups is 1. The number of pyridine rings is 1. The molecule has 154 valence electrons. The van der Waals surface area contributed by atoms with E-state index in [1.807, 2.05) is 0 Å². The van der Waals surface area contributed by atoms with Crippen molar-refractivity contribution in [2.75, 3.05) is 4.90 Å². The van der Waals surface area contributed by atoms with E-state index in [0.29, 0.717) is 11.1 Å². The van der Waals surface area contributed by atoms with Crippen molar-refractivity contribution in [1.29, 1.82) is 0 Å². The minimum absolute atomic E-state index is 0.248. The number of carbonyl (C=O) groups excluding carboxylic acids is 1. The first kappa shape index (κ1) is 19.8. The summed E-state index contributed by atoms with van der Waals surface area (Å²) in [5, 5.41) is 0. The number of halogens is 3. The number of cyclic esters (lactones) is 1. The third-order valence-corrected chi connectivity index (χ3v) is 4.84. The first-order chi connectivity index (χ1) is 14.3. The Morgan fingerprint density at radius 1 is 1.07 bits per heavy atom. The number of nitrogens with zero attached hydrogens (tertiary/aromatic N) is 2. The molecule has 1 aromatic heterocycles. The average molecular weight is 414 g/mol. The van der Waals surface area contributed by atoms with Crippen LogP contribution >= 0.6 is 0 Å². The van der Waals surface area contributed by atoms with Crippen molar-refractivity contribution in [3.63, 3.8) is 0 Å². The molecule has 1 saturated heterocycles. The zero-order chi connectivity index (χ0) is 21.3. The lowest BCUT2D eigenvalue weighted by molar-refractivity contribution is -0.274. The van der Waals surface area contributed by atoms with Gasteiger partial charge in [0.15, 0.2) is 6.10 Å². The molecule has 2 atom stereocenters. The van der Waals surface area contributed by atoms with Crippen molar-refractivity contribution in [2.24, 2.45) is 0 Å². The van der Waals surface area contributed by atoms with E-state index in [4.69, 9.17) is 4.74 Å². The van der Waals surface area contributed by atoms with Gasteiger partial charge >= 0.3 is 12.5 Å². The molecule has 0 aliphatic carbocycles. The Morgan fingerprint density at radius 3 is 2.50 bits per heavy atom. The third kappa shape index (κ3) is 3.94. The number of anilines is 1. The molecular weight excluding hydrogens is 397 g/mol.